The van der Waals surface area contributed by atoms with Crippen molar-refractivity contribution in [3.05, 3.63) is 35.9 Å². The van der Waals surface area contributed by atoms with E-state index in [1.807, 2.05) is 7.05 Å². The van der Waals surface area contributed by atoms with Gasteiger partial charge in [0.25, 0.3) is 0 Å². The van der Waals surface area contributed by atoms with Gasteiger partial charge in [-0.25, -0.2) is 0 Å². The van der Waals surface area contributed by atoms with Gasteiger partial charge in [-0.05, 0) is 64.5 Å². The fourth-order valence-corrected chi connectivity index (χ4v) is 4.42. The molecule has 1 unspecified atom stereocenters. The van der Waals surface area contributed by atoms with E-state index in [-0.39, 0.29) is 24.0 Å². The van der Waals surface area contributed by atoms with Gasteiger partial charge in [-0.15, -0.1) is 24.0 Å². The summed E-state index contributed by atoms with van der Waals surface area (Å²) in [4.78, 5) is 12.1. The highest BCUT2D eigenvalue weighted by Crippen LogP contribution is 2.19. The molecule has 0 radical (unpaired) electrons. The molecule has 2 aliphatic heterocycles. The molecule has 3 rings (SSSR count). The highest BCUT2D eigenvalue weighted by molar-refractivity contribution is 14.0. The molecule has 2 aliphatic rings. The quantitative estimate of drug-likeness (QED) is 0.235. The molecule has 30 heavy (non-hydrogen) atoms. The number of hydrogen-bond donors (Lipinski definition) is 2. The number of guanidine groups is 1. The van der Waals surface area contributed by atoms with Gasteiger partial charge in [-0.1, -0.05) is 30.3 Å². The summed E-state index contributed by atoms with van der Waals surface area (Å²) in [6.07, 6.45) is 5.00. The van der Waals surface area contributed by atoms with Crippen LogP contribution in [0.25, 0.3) is 0 Å². The zero-order valence-corrected chi connectivity index (χ0v) is 21.2. The van der Waals surface area contributed by atoms with Crippen molar-refractivity contribution < 1.29 is 0 Å². The number of likely N-dealkylation sites (N-methyl/N-ethyl adjacent to an activating group) is 1. The van der Waals surface area contributed by atoms with E-state index in [2.05, 4.69) is 67.7 Å². The number of hydrogen-bond acceptors (Lipinski definition) is 4. The third-order valence-electron chi connectivity index (χ3n) is 6.21. The highest BCUT2D eigenvalue weighted by Gasteiger charge is 2.24. The Morgan fingerprint density at radius 3 is 2.67 bits per heavy atom. The summed E-state index contributed by atoms with van der Waals surface area (Å²) in [6.45, 7) is 10.2. The molecule has 0 aliphatic carbocycles. The van der Waals surface area contributed by atoms with E-state index < -0.39 is 0 Å². The third-order valence-corrected chi connectivity index (χ3v) is 6.21. The van der Waals surface area contributed by atoms with Gasteiger partial charge in [0.15, 0.2) is 5.96 Å². The first-order valence-corrected chi connectivity index (χ1v) is 11.4. The molecule has 0 spiro atoms. The van der Waals surface area contributed by atoms with Crippen molar-refractivity contribution in [1.82, 2.24) is 25.3 Å². The first-order chi connectivity index (χ1) is 14.2. The molecule has 1 aromatic carbocycles. The fraction of sp³-hybridized carbons (Fsp3) is 0.696. The monoisotopic (exact) mass is 528 g/mol. The molecule has 0 saturated carbocycles. The summed E-state index contributed by atoms with van der Waals surface area (Å²) in [5.74, 6) is 0.937. The number of likely N-dealkylation sites (tertiary alicyclic amines) is 1. The van der Waals surface area contributed by atoms with Gasteiger partial charge < -0.3 is 20.4 Å². The zero-order valence-electron chi connectivity index (χ0n) is 18.9. The summed E-state index contributed by atoms with van der Waals surface area (Å²) in [7, 11) is 4.10. The van der Waals surface area contributed by atoms with Crippen LogP contribution in [0.5, 0.6) is 0 Å². The Kier molecular flexibility index (Phi) is 12.0. The second kappa shape index (κ2) is 14.2. The van der Waals surface area contributed by atoms with Crippen LogP contribution in [0.4, 0.5) is 0 Å². The van der Waals surface area contributed by atoms with Crippen molar-refractivity contribution in [3.63, 3.8) is 0 Å². The first kappa shape index (κ1) is 25.4. The van der Waals surface area contributed by atoms with Crippen LogP contribution < -0.4 is 10.6 Å². The van der Waals surface area contributed by atoms with Crippen molar-refractivity contribution in [2.24, 2.45) is 4.99 Å². The summed E-state index contributed by atoms with van der Waals surface area (Å²) < 4.78 is 0. The minimum absolute atomic E-state index is 0. The van der Waals surface area contributed by atoms with E-state index in [1.54, 1.807) is 0 Å². The molecule has 7 heteroatoms. The molecule has 0 aromatic heterocycles. The van der Waals surface area contributed by atoms with Crippen molar-refractivity contribution in [2.75, 3.05) is 66.5 Å². The van der Waals surface area contributed by atoms with Crippen molar-refractivity contribution >= 4 is 29.9 Å². The largest absolute Gasteiger partial charge is 0.356 e. The van der Waals surface area contributed by atoms with E-state index in [4.69, 9.17) is 0 Å². The third kappa shape index (κ3) is 8.69. The van der Waals surface area contributed by atoms with Crippen LogP contribution in [-0.2, 0) is 6.54 Å². The van der Waals surface area contributed by atoms with Crippen LogP contribution in [0.1, 0.15) is 31.2 Å². The van der Waals surface area contributed by atoms with Gasteiger partial charge in [-0.2, -0.15) is 0 Å². The number of aliphatic imine (C=N–C) groups is 1. The normalized spacial score (nSPS) is 21.8. The number of benzene rings is 1. The van der Waals surface area contributed by atoms with Gasteiger partial charge >= 0.3 is 0 Å². The summed E-state index contributed by atoms with van der Waals surface area (Å²) in [6, 6.07) is 11.4. The molecular weight excluding hydrogens is 487 g/mol. The van der Waals surface area contributed by atoms with Crippen molar-refractivity contribution in [3.8, 4) is 0 Å². The van der Waals surface area contributed by atoms with Gasteiger partial charge in [0.1, 0.15) is 0 Å². The molecule has 1 atom stereocenters. The Hall–Kier alpha value is -0.900. The van der Waals surface area contributed by atoms with E-state index in [0.29, 0.717) is 6.04 Å². The van der Waals surface area contributed by atoms with Crippen LogP contribution in [0, 0.1) is 0 Å². The second-order valence-corrected chi connectivity index (χ2v) is 8.48. The Morgan fingerprint density at radius 1 is 1.03 bits per heavy atom. The predicted octanol–water partition coefficient (Wildman–Crippen LogP) is 2.46. The molecule has 2 saturated heterocycles. The summed E-state index contributed by atoms with van der Waals surface area (Å²) in [5, 5.41) is 7.06. The average molecular weight is 529 g/mol. The fourth-order valence-electron chi connectivity index (χ4n) is 4.42. The SMILES string of the molecule is CN=C(NCCCN1CCCN(C)CC1)NCC1CCCN1Cc1ccccc1.I. The van der Waals surface area contributed by atoms with Crippen molar-refractivity contribution in [2.45, 2.75) is 38.3 Å². The van der Waals surface area contributed by atoms with E-state index in [1.165, 1.54) is 64.1 Å². The van der Waals surface area contributed by atoms with Crippen LogP contribution >= 0.6 is 24.0 Å². The maximum Gasteiger partial charge on any atom is 0.191 e. The standard InChI is InChI=1S/C23H40N6.HI/c1-24-23(25-12-7-14-28-15-8-13-27(2)17-18-28)26-19-22-11-6-16-29(22)20-21-9-4-3-5-10-21;/h3-5,9-10,22H,6-8,11-20H2,1-2H3,(H2,24,25,26);1H. The molecule has 2 heterocycles. The van der Waals surface area contributed by atoms with Gasteiger partial charge in [0.2, 0.25) is 0 Å². The van der Waals surface area contributed by atoms with Gasteiger partial charge in [0.05, 0.1) is 0 Å². The Balaban J connectivity index is 0.00000320. The number of nitrogens with one attached hydrogen (secondary N) is 2. The van der Waals surface area contributed by atoms with E-state index >= 15 is 0 Å². The number of halogens is 1. The predicted molar refractivity (Wildman–Crippen MR) is 138 cm³/mol. The summed E-state index contributed by atoms with van der Waals surface area (Å²) in [5.41, 5.74) is 1.40. The average Bonchev–Trinajstić information content (AvgIpc) is 3.07. The number of rotatable bonds is 8. The lowest BCUT2D eigenvalue weighted by Crippen LogP contribution is -2.45. The number of nitrogens with zero attached hydrogens (tertiary/aromatic N) is 4. The van der Waals surface area contributed by atoms with Gasteiger partial charge in [-0.3, -0.25) is 9.89 Å². The Bertz CT molecular complexity index is 611. The molecule has 2 fully saturated rings. The molecule has 6 nitrogen and oxygen atoms in total. The lowest BCUT2D eigenvalue weighted by molar-refractivity contribution is 0.245. The van der Waals surface area contributed by atoms with Crippen LogP contribution in [0.3, 0.4) is 0 Å². The molecule has 170 valence electrons. The van der Waals surface area contributed by atoms with E-state index in [0.717, 1.165) is 32.0 Å². The molecule has 2 N–H and O–H groups in total. The minimum Gasteiger partial charge on any atom is -0.356 e. The smallest absolute Gasteiger partial charge is 0.191 e. The van der Waals surface area contributed by atoms with Crippen LogP contribution in [0.2, 0.25) is 0 Å². The minimum atomic E-state index is 0. The maximum absolute atomic E-state index is 4.42. The van der Waals surface area contributed by atoms with E-state index in [9.17, 15) is 0 Å². The molecule has 1 aromatic rings. The lowest BCUT2D eigenvalue weighted by Gasteiger charge is -2.25. The molecule has 0 bridgehead atoms. The zero-order chi connectivity index (χ0) is 20.3. The molecule has 0 amide bonds. The van der Waals surface area contributed by atoms with Gasteiger partial charge in [0, 0.05) is 45.8 Å². The first-order valence-electron chi connectivity index (χ1n) is 11.4. The summed E-state index contributed by atoms with van der Waals surface area (Å²) >= 11 is 0. The van der Waals surface area contributed by atoms with Crippen LogP contribution in [0.15, 0.2) is 35.3 Å². The highest BCUT2D eigenvalue weighted by atomic mass is 127. The lowest BCUT2D eigenvalue weighted by atomic mass is 10.2. The Morgan fingerprint density at radius 2 is 1.87 bits per heavy atom. The maximum atomic E-state index is 4.42. The van der Waals surface area contributed by atoms with Crippen LogP contribution in [-0.4, -0.2) is 93.2 Å². The second-order valence-electron chi connectivity index (χ2n) is 8.48. The topological polar surface area (TPSA) is 46.1 Å². The Labute approximate surface area is 200 Å². The van der Waals surface area contributed by atoms with Crippen molar-refractivity contribution in [1.29, 1.82) is 0 Å². The molecular formula is C23H41IN6.